The molecule has 0 saturated heterocycles. The largest absolute Gasteiger partial charge is 0.339 e. The van der Waals surface area contributed by atoms with E-state index in [9.17, 15) is 4.79 Å². The van der Waals surface area contributed by atoms with Gasteiger partial charge in [0.15, 0.2) is 5.13 Å². The summed E-state index contributed by atoms with van der Waals surface area (Å²) in [6.07, 6.45) is 0. The molecule has 1 amide bonds. The molecule has 0 bridgehead atoms. The number of thiophene rings is 1. The lowest BCUT2D eigenvalue weighted by Crippen LogP contribution is -2.15. The number of rotatable bonds is 3. The van der Waals surface area contributed by atoms with Crippen LogP contribution in [-0.2, 0) is 7.05 Å². The van der Waals surface area contributed by atoms with Crippen molar-refractivity contribution < 1.29 is 4.79 Å². The molecule has 3 aromatic heterocycles. The molecule has 0 saturated carbocycles. The maximum Gasteiger partial charge on any atom is 0.274 e. The standard InChI is InChI=1S/C17H12ClN3OS2/c1-21-13-6-7-23-15(13)8-14(21)16(22)20-17-19-12(9-24-17)10-2-4-11(18)5-3-10/h2-9H,1H3,(H,19,20,22). The number of thiazole rings is 1. The Kier molecular flexibility index (Phi) is 3.88. The third-order valence-electron chi connectivity index (χ3n) is 3.76. The molecule has 0 atom stereocenters. The third kappa shape index (κ3) is 2.73. The van der Waals surface area contributed by atoms with Gasteiger partial charge in [-0.15, -0.1) is 22.7 Å². The van der Waals surface area contributed by atoms with Gasteiger partial charge in [-0.25, -0.2) is 4.98 Å². The van der Waals surface area contributed by atoms with E-state index in [1.165, 1.54) is 11.3 Å². The van der Waals surface area contributed by atoms with Crippen molar-refractivity contribution in [2.45, 2.75) is 0 Å². The Morgan fingerprint density at radius 1 is 1.21 bits per heavy atom. The van der Waals surface area contributed by atoms with Gasteiger partial charge in [0.1, 0.15) is 5.69 Å². The number of aromatic nitrogens is 2. The van der Waals surface area contributed by atoms with Gasteiger partial charge in [0.25, 0.3) is 5.91 Å². The average Bonchev–Trinajstić information content (AvgIpc) is 3.26. The molecule has 4 nitrogen and oxygen atoms in total. The molecule has 7 heteroatoms. The van der Waals surface area contributed by atoms with Gasteiger partial charge in [-0.3, -0.25) is 10.1 Å². The van der Waals surface area contributed by atoms with Gasteiger partial charge < -0.3 is 4.57 Å². The van der Waals surface area contributed by atoms with E-state index in [2.05, 4.69) is 10.3 Å². The summed E-state index contributed by atoms with van der Waals surface area (Å²) in [6, 6.07) is 11.4. The van der Waals surface area contributed by atoms with Crippen molar-refractivity contribution in [3.8, 4) is 11.3 Å². The lowest BCUT2D eigenvalue weighted by Gasteiger charge is -2.03. The number of carbonyl (C=O) groups excluding carboxylic acids is 1. The lowest BCUT2D eigenvalue weighted by atomic mass is 10.2. The van der Waals surface area contributed by atoms with Crippen LogP contribution in [0.2, 0.25) is 5.02 Å². The second-order valence-electron chi connectivity index (χ2n) is 5.26. The monoisotopic (exact) mass is 373 g/mol. The van der Waals surface area contributed by atoms with Crippen LogP contribution in [0.3, 0.4) is 0 Å². The van der Waals surface area contributed by atoms with Crippen LogP contribution in [0.15, 0.2) is 47.2 Å². The number of carbonyl (C=O) groups is 1. The molecule has 4 rings (SSSR count). The smallest absolute Gasteiger partial charge is 0.274 e. The predicted octanol–water partition coefficient (Wildman–Crippen LogP) is 5.27. The molecule has 4 aromatic rings. The highest BCUT2D eigenvalue weighted by Gasteiger charge is 2.15. The lowest BCUT2D eigenvalue weighted by molar-refractivity contribution is 0.102. The van der Waals surface area contributed by atoms with E-state index in [4.69, 9.17) is 11.6 Å². The summed E-state index contributed by atoms with van der Waals surface area (Å²) < 4.78 is 3.00. The van der Waals surface area contributed by atoms with Gasteiger partial charge in [-0.1, -0.05) is 23.7 Å². The van der Waals surface area contributed by atoms with Crippen LogP contribution in [0, 0.1) is 0 Å². The van der Waals surface area contributed by atoms with Crippen molar-refractivity contribution >= 4 is 55.5 Å². The highest BCUT2D eigenvalue weighted by Crippen LogP contribution is 2.28. The Hall–Kier alpha value is -2.15. The maximum absolute atomic E-state index is 12.5. The molecule has 3 heterocycles. The van der Waals surface area contributed by atoms with Crippen molar-refractivity contribution in [1.29, 1.82) is 0 Å². The van der Waals surface area contributed by atoms with Gasteiger partial charge in [0, 0.05) is 23.0 Å². The number of halogens is 1. The minimum absolute atomic E-state index is 0.155. The summed E-state index contributed by atoms with van der Waals surface area (Å²) in [5, 5.41) is 8.08. The van der Waals surface area contributed by atoms with E-state index in [1.54, 1.807) is 11.3 Å². The number of amides is 1. The summed E-state index contributed by atoms with van der Waals surface area (Å²) in [6.45, 7) is 0. The van der Waals surface area contributed by atoms with Gasteiger partial charge >= 0.3 is 0 Å². The number of aryl methyl sites for hydroxylation is 1. The molecule has 0 radical (unpaired) electrons. The molecular weight excluding hydrogens is 362 g/mol. The molecular formula is C17H12ClN3OS2. The maximum atomic E-state index is 12.5. The minimum atomic E-state index is -0.155. The summed E-state index contributed by atoms with van der Waals surface area (Å²) in [5.74, 6) is -0.155. The number of anilines is 1. The van der Waals surface area contributed by atoms with E-state index < -0.39 is 0 Å². The number of benzene rings is 1. The van der Waals surface area contributed by atoms with E-state index in [0.29, 0.717) is 15.8 Å². The fraction of sp³-hybridized carbons (Fsp3) is 0.0588. The molecule has 0 fully saturated rings. The first-order valence-corrected chi connectivity index (χ1v) is 9.31. The fourth-order valence-electron chi connectivity index (χ4n) is 2.51. The number of hydrogen-bond acceptors (Lipinski definition) is 4. The van der Waals surface area contributed by atoms with Gasteiger partial charge in [0.05, 0.1) is 15.9 Å². The first-order chi connectivity index (χ1) is 11.6. The Balaban J connectivity index is 1.57. The molecule has 1 aromatic carbocycles. The zero-order valence-corrected chi connectivity index (χ0v) is 15.0. The highest BCUT2D eigenvalue weighted by molar-refractivity contribution is 7.17. The van der Waals surface area contributed by atoms with Crippen molar-refractivity contribution in [2.75, 3.05) is 5.32 Å². The molecule has 0 aliphatic heterocycles. The van der Waals surface area contributed by atoms with Crippen LogP contribution in [0.25, 0.3) is 21.5 Å². The number of nitrogens with one attached hydrogen (secondary N) is 1. The average molecular weight is 374 g/mol. The molecule has 0 spiro atoms. The summed E-state index contributed by atoms with van der Waals surface area (Å²) in [4.78, 5) is 17.0. The topological polar surface area (TPSA) is 46.9 Å². The number of nitrogens with zero attached hydrogens (tertiary/aromatic N) is 2. The van der Waals surface area contributed by atoms with Crippen LogP contribution in [0.4, 0.5) is 5.13 Å². The van der Waals surface area contributed by atoms with Crippen molar-refractivity contribution in [1.82, 2.24) is 9.55 Å². The molecule has 1 N–H and O–H groups in total. The fourth-order valence-corrected chi connectivity index (χ4v) is 4.20. The van der Waals surface area contributed by atoms with Gasteiger partial charge in [-0.2, -0.15) is 0 Å². The Morgan fingerprint density at radius 3 is 2.75 bits per heavy atom. The zero-order valence-electron chi connectivity index (χ0n) is 12.6. The number of fused-ring (bicyclic) bond motifs is 1. The van der Waals surface area contributed by atoms with E-state index in [-0.39, 0.29) is 5.91 Å². The van der Waals surface area contributed by atoms with Crippen molar-refractivity contribution in [3.63, 3.8) is 0 Å². The van der Waals surface area contributed by atoms with E-state index >= 15 is 0 Å². The molecule has 120 valence electrons. The van der Waals surface area contributed by atoms with E-state index in [1.807, 2.05) is 58.8 Å². The van der Waals surface area contributed by atoms with Crippen LogP contribution >= 0.6 is 34.3 Å². The van der Waals surface area contributed by atoms with E-state index in [0.717, 1.165) is 21.5 Å². The second kappa shape index (κ2) is 6.05. The minimum Gasteiger partial charge on any atom is -0.339 e. The quantitative estimate of drug-likeness (QED) is 0.531. The Labute approximate surface area is 151 Å². The van der Waals surface area contributed by atoms with Crippen LogP contribution < -0.4 is 5.32 Å². The zero-order chi connectivity index (χ0) is 16.7. The highest BCUT2D eigenvalue weighted by atomic mass is 35.5. The molecule has 0 aliphatic carbocycles. The Morgan fingerprint density at radius 2 is 2.00 bits per heavy atom. The Bertz CT molecular complexity index is 1030. The third-order valence-corrected chi connectivity index (χ3v) is 5.62. The predicted molar refractivity (Wildman–Crippen MR) is 101 cm³/mol. The first-order valence-electron chi connectivity index (χ1n) is 7.17. The molecule has 0 unspecified atom stereocenters. The molecule has 0 aliphatic rings. The van der Waals surface area contributed by atoms with Gasteiger partial charge in [0.2, 0.25) is 0 Å². The number of hydrogen-bond donors (Lipinski definition) is 1. The SMILES string of the molecule is Cn1c(C(=O)Nc2nc(-c3ccc(Cl)cc3)cs2)cc2sccc21. The van der Waals surface area contributed by atoms with Gasteiger partial charge in [-0.05, 0) is 29.6 Å². The van der Waals surface area contributed by atoms with Crippen LogP contribution in [-0.4, -0.2) is 15.5 Å². The van der Waals surface area contributed by atoms with Crippen molar-refractivity contribution in [3.05, 3.63) is 57.9 Å². The first kappa shape index (κ1) is 15.4. The summed E-state index contributed by atoms with van der Waals surface area (Å²) in [5.41, 5.74) is 3.47. The van der Waals surface area contributed by atoms with Crippen molar-refractivity contribution in [2.24, 2.45) is 7.05 Å². The normalized spacial score (nSPS) is 11.1. The summed E-state index contributed by atoms with van der Waals surface area (Å²) >= 11 is 8.93. The van der Waals surface area contributed by atoms with Crippen LogP contribution in [0.1, 0.15) is 10.5 Å². The molecule has 24 heavy (non-hydrogen) atoms. The summed E-state index contributed by atoms with van der Waals surface area (Å²) in [7, 11) is 1.89. The second-order valence-corrected chi connectivity index (χ2v) is 7.50. The van der Waals surface area contributed by atoms with Crippen LogP contribution in [0.5, 0.6) is 0 Å².